The molecule has 2 heterocycles. The van der Waals surface area contributed by atoms with Crippen LogP contribution < -0.4 is 5.73 Å². The van der Waals surface area contributed by atoms with Gasteiger partial charge < -0.3 is 10.6 Å². The molecule has 0 aromatic carbocycles. The van der Waals surface area contributed by atoms with Gasteiger partial charge in [0.2, 0.25) is 0 Å². The van der Waals surface area contributed by atoms with Crippen LogP contribution in [0.15, 0.2) is 12.1 Å². The monoisotopic (exact) mass is 272 g/mol. The average Bonchev–Trinajstić information content (AvgIpc) is 2.74. The molecule has 1 aliphatic rings. The topological polar surface area (TPSA) is 46.3 Å². The first-order valence-corrected chi connectivity index (χ1v) is 7.09. The molecule has 1 aromatic rings. The van der Waals surface area contributed by atoms with E-state index in [9.17, 15) is 4.79 Å². The number of amides is 1. The summed E-state index contributed by atoms with van der Waals surface area (Å²) in [5, 5.41) is 0. The van der Waals surface area contributed by atoms with E-state index in [4.69, 9.17) is 17.3 Å². The van der Waals surface area contributed by atoms with Crippen LogP contribution in [0.3, 0.4) is 0 Å². The molecule has 94 valence electrons. The van der Waals surface area contributed by atoms with Gasteiger partial charge in [0.1, 0.15) is 0 Å². The van der Waals surface area contributed by atoms with E-state index in [1.54, 1.807) is 12.1 Å². The van der Waals surface area contributed by atoms with E-state index in [0.29, 0.717) is 21.7 Å². The highest BCUT2D eigenvalue weighted by atomic mass is 35.5. The summed E-state index contributed by atoms with van der Waals surface area (Å²) < 4.78 is 0.655. The van der Waals surface area contributed by atoms with E-state index in [-0.39, 0.29) is 11.9 Å². The first-order chi connectivity index (χ1) is 8.13. The first kappa shape index (κ1) is 12.9. The minimum absolute atomic E-state index is 0.0731. The van der Waals surface area contributed by atoms with Gasteiger partial charge in [0.15, 0.2) is 0 Å². The minimum atomic E-state index is 0.0731. The zero-order chi connectivity index (χ0) is 12.4. The van der Waals surface area contributed by atoms with Gasteiger partial charge in [-0.25, -0.2) is 0 Å². The standard InChI is InChI=1S/C12H17ClN2OS/c1-8-3-2-6-15(9(8)7-14)12(16)10-4-5-11(13)17-10/h4-5,8-9H,2-3,6-7,14H2,1H3. The summed E-state index contributed by atoms with van der Waals surface area (Å²) in [5.74, 6) is 0.553. The number of halogens is 1. The summed E-state index contributed by atoms with van der Waals surface area (Å²) in [6.45, 7) is 3.50. The molecule has 0 radical (unpaired) electrons. The number of likely N-dealkylation sites (tertiary alicyclic amines) is 1. The van der Waals surface area contributed by atoms with Gasteiger partial charge in [0.05, 0.1) is 9.21 Å². The van der Waals surface area contributed by atoms with Crippen molar-refractivity contribution < 1.29 is 4.79 Å². The van der Waals surface area contributed by atoms with Crippen molar-refractivity contribution >= 4 is 28.8 Å². The van der Waals surface area contributed by atoms with Crippen LogP contribution in [0.2, 0.25) is 4.34 Å². The van der Waals surface area contributed by atoms with Crippen molar-refractivity contribution in [2.45, 2.75) is 25.8 Å². The molecule has 1 amide bonds. The maximum absolute atomic E-state index is 12.4. The molecule has 3 nitrogen and oxygen atoms in total. The molecule has 2 unspecified atom stereocenters. The van der Waals surface area contributed by atoms with Crippen molar-refractivity contribution in [1.29, 1.82) is 0 Å². The van der Waals surface area contributed by atoms with Crippen LogP contribution in [0.5, 0.6) is 0 Å². The van der Waals surface area contributed by atoms with Crippen molar-refractivity contribution in [3.05, 3.63) is 21.3 Å². The summed E-state index contributed by atoms with van der Waals surface area (Å²) >= 11 is 7.20. The third kappa shape index (κ3) is 2.64. The summed E-state index contributed by atoms with van der Waals surface area (Å²) in [5.41, 5.74) is 5.79. The molecular weight excluding hydrogens is 256 g/mol. The van der Waals surface area contributed by atoms with Crippen LogP contribution in [0.4, 0.5) is 0 Å². The lowest BCUT2D eigenvalue weighted by Gasteiger charge is -2.39. The van der Waals surface area contributed by atoms with Crippen molar-refractivity contribution in [3.63, 3.8) is 0 Å². The number of nitrogens with two attached hydrogens (primary N) is 1. The minimum Gasteiger partial charge on any atom is -0.333 e. The van der Waals surface area contributed by atoms with Gasteiger partial charge in [-0.15, -0.1) is 11.3 Å². The van der Waals surface area contributed by atoms with Gasteiger partial charge in [0.25, 0.3) is 5.91 Å². The number of hydrogen-bond acceptors (Lipinski definition) is 3. The van der Waals surface area contributed by atoms with E-state index in [2.05, 4.69) is 6.92 Å². The van der Waals surface area contributed by atoms with Crippen molar-refractivity contribution in [2.75, 3.05) is 13.1 Å². The van der Waals surface area contributed by atoms with Crippen LogP contribution in [0, 0.1) is 5.92 Å². The molecule has 0 bridgehead atoms. The molecule has 1 aromatic heterocycles. The number of piperidine rings is 1. The van der Waals surface area contributed by atoms with Gasteiger partial charge in [0, 0.05) is 19.1 Å². The molecule has 17 heavy (non-hydrogen) atoms. The molecule has 2 rings (SSSR count). The molecule has 0 aliphatic carbocycles. The fourth-order valence-corrected chi connectivity index (χ4v) is 3.43. The smallest absolute Gasteiger partial charge is 0.264 e. The number of carbonyl (C=O) groups is 1. The van der Waals surface area contributed by atoms with E-state index >= 15 is 0 Å². The highest BCUT2D eigenvalue weighted by molar-refractivity contribution is 7.17. The maximum Gasteiger partial charge on any atom is 0.264 e. The first-order valence-electron chi connectivity index (χ1n) is 5.90. The summed E-state index contributed by atoms with van der Waals surface area (Å²) in [7, 11) is 0. The van der Waals surface area contributed by atoms with Crippen molar-refractivity contribution in [3.8, 4) is 0 Å². The van der Waals surface area contributed by atoms with E-state index in [1.807, 2.05) is 4.90 Å². The third-order valence-electron chi connectivity index (χ3n) is 3.40. The normalized spacial score (nSPS) is 25.0. The number of thiophene rings is 1. The number of nitrogens with zero attached hydrogens (tertiary/aromatic N) is 1. The van der Waals surface area contributed by atoms with E-state index in [0.717, 1.165) is 19.4 Å². The largest absolute Gasteiger partial charge is 0.333 e. The Bertz CT molecular complexity index is 407. The Hall–Kier alpha value is -0.580. The zero-order valence-electron chi connectivity index (χ0n) is 9.86. The third-order valence-corrected chi connectivity index (χ3v) is 4.62. The number of hydrogen-bond donors (Lipinski definition) is 1. The Morgan fingerprint density at radius 1 is 1.65 bits per heavy atom. The lowest BCUT2D eigenvalue weighted by molar-refractivity contribution is 0.0537. The highest BCUT2D eigenvalue weighted by Crippen LogP contribution is 2.28. The number of rotatable bonds is 2. The lowest BCUT2D eigenvalue weighted by atomic mass is 9.90. The zero-order valence-corrected chi connectivity index (χ0v) is 11.4. The van der Waals surface area contributed by atoms with Crippen LogP contribution in [0.1, 0.15) is 29.4 Å². The van der Waals surface area contributed by atoms with Gasteiger partial charge in [-0.1, -0.05) is 18.5 Å². The van der Waals surface area contributed by atoms with Crippen molar-refractivity contribution in [1.82, 2.24) is 4.90 Å². The Morgan fingerprint density at radius 2 is 2.41 bits per heavy atom. The van der Waals surface area contributed by atoms with E-state index in [1.165, 1.54) is 11.3 Å². The fourth-order valence-electron chi connectivity index (χ4n) is 2.43. The molecule has 0 saturated carbocycles. The molecule has 0 spiro atoms. The van der Waals surface area contributed by atoms with Gasteiger partial charge in [-0.05, 0) is 30.9 Å². The van der Waals surface area contributed by atoms with E-state index < -0.39 is 0 Å². The number of carbonyl (C=O) groups excluding carboxylic acids is 1. The molecular formula is C12H17ClN2OS. The molecule has 1 saturated heterocycles. The Kier molecular flexibility index (Phi) is 4.07. The summed E-state index contributed by atoms with van der Waals surface area (Å²) in [6, 6.07) is 3.73. The second-order valence-electron chi connectivity index (χ2n) is 4.52. The molecule has 1 aliphatic heterocycles. The molecule has 1 fully saturated rings. The quantitative estimate of drug-likeness (QED) is 0.900. The van der Waals surface area contributed by atoms with Crippen LogP contribution >= 0.6 is 22.9 Å². The van der Waals surface area contributed by atoms with Crippen LogP contribution in [-0.2, 0) is 0 Å². The van der Waals surface area contributed by atoms with Gasteiger partial charge in [-0.2, -0.15) is 0 Å². The highest BCUT2D eigenvalue weighted by Gasteiger charge is 2.31. The van der Waals surface area contributed by atoms with Crippen molar-refractivity contribution in [2.24, 2.45) is 11.7 Å². The Morgan fingerprint density at radius 3 is 3.00 bits per heavy atom. The Balaban J connectivity index is 2.17. The van der Waals surface area contributed by atoms with Crippen LogP contribution in [0.25, 0.3) is 0 Å². The fraction of sp³-hybridized carbons (Fsp3) is 0.583. The second-order valence-corrected chi connectivity index (χ2v) is 6.24. The predicted molar refractivity (Wildman–Crippen MR) is 71.6 cm³/mol. The second kappa shape index (κ2) is 5.38. The van der Waals surface area contributed by atoms with Gasteiger partial charge >= 0.3 is 0 Å². The summed E-state index contributed by atoms with van der Waals surface area (Å²) in [6.07, 6.45) is 2.21. The van der Waals surface area contributed by atoms with Crippen LogP contribution in [-0.4, -0.2) is 29.9 Å². The molecule has 5 heteroatoms. The Labute approximate surface area is 111 Å². The molecule has 2 N–H and O–H groups in total. The lowest BCUT2D eigenvalue weighted by Crippen LogP contribution is -2.51. The molecule has 2 atom stereocenters. The maximum atomic E-state index is 12.4. The average molecular weight is 273 g/mol. The predicted octanol–water partition coefficient (Wildman–Crippen LogP) is 2.60. The van der Waals surface area contributed by atoms with Gasteiger partial charge in [-0.3, -0.25) is 4.79 Å². The summed E-state index contributed by atoms with van der Waals surface area (Å²) in [4.78, 5) is 15.0. The SMILES string of the molecule is CC1CCCN(C(=O)c2ccc(Cl)s2)C1CN.